The van der Waals surface area contributed by atoms with Gasteiger partial charge in [-0.25, -0.2) is 4.39 Å². The molecule has 3 heteroatoms. The molecule has 0 amide bonds. The van der Waals surface area contributed by atoms with Crippen LogP contribution in [0.5, 0.6) is 5.75 Å². The minimum atomic E-state index is -0.338. The Kier molecular flexibility index (Phi) is 4.00. The second-order valence-corrected chi connectivity index (χ2v) is 4.82. The van der Waals surface area contributed by atoms with E-state index < -0.39 is 0 Å². The lowest BCUT2D eigenvalue weighted by Crippen LogP contribution is -2.21. The second-order valence-electron chi connectivity index (χ2n) is 4.82. The third-order valence-corrected chi connectivity index (χ3v) is 3.31. The quantitative estimate of drug-likeness (QED) is 0.872. The van der Waals surface area contributed by atoms with Crippen molar-refractivity contribution in [3.8, 4) is 5.75 Å². The van der Waals surface area contributed by atoms with Gasteiger partial charge in [0.05, 0.1) is 6.10 Å². The Labute approximate surface area is 102 Å². The smallest absolute Gasteiger partial charge is 0.131 e. The summed E-state index contributed by atoms with van der Waals surface area (Å²) in [6.07, 6.45) is 6.04. The first kappa shape index (κ1) is 12.4. The lowest BCUT2D eigenvalue weighted by Gasteiger charge is -2.25. The first-order valence-corrected chi connectivity index (χ1v) is 6.39. The van der Waals surface area contributed by atoms with Gasteiger partial charge in [-0.3, -0.25) is 0 Å². The van der Waals surface area contributed by atoms with Crippen molar-refractivity contribution < 1.29 is 9.13 Å². The number of hydrogen-bond acceptors (Lipinski definition) is 2. The van der Waals surface area contributed by atoms with Crippen LogP contribution in [0.15, 0.2) is 18.2 Å². The molecule has 2 rings (SSSR count). The third-order valence-electron chi connectivity index (χ3n) is 3.31. The summed E-state index contributed by atoms with van der Waals surface area (Å²) in [7, 11) is 0. The summed E-state index contributed by atoms with van der Waals surface area (Å²) < 4.78 is 19.6. The molecule has 2 N–H and O–H groups in total. The van der Waals surface area contributed by atoms with Gasteiger partial charge in [-0.1, -0.05) is 12.5 Å². The highest BCUT2D eigenvalue weighted by molar-refractivity contribution is 5.37. The van der Waals surface area contributed by atoms with Crippen LogP contribution in [0.1, 0.15) is 50.6 Å². The minimum absolute atomic E-state index is 0.225. The van der Waals surface area contributed by atoms with Crippen LogP contribution in [0.4, 0.5) is 4.39 Å². The average molecular weight is 237 g/mol. The largest absolute Gasteiger partial charge is 0.490 e. The monoisotopic (exact) mass is 237 g/mol. The predicted molar refractivity (Wildman–Crippen MR) is 66.5 cm³/mol. The van der Waals surface area contributed by atoms with Gasteiger partial charge in [0.2, 0.25) is 0 Å². The summed E-state index contributed by atoms with van der Waals surface area (Å²) in [5.74, 6) is 0.347. The molecule has 1 aromatic rings. The van der Waals surface area contributed by atoms with Gasteiger partial charge in [0.25, 0.3) is 0 Å². The van der Waals surface area contributed by atoms with Gasteiger partial charge in [0, 0.05) is 11.6 Å². The fourth-order valence-corrected chi connectivity index (χ4v) is 2.42. The van der Waals surface area contributed by atoms with Crippen molar-refractivity contribution in [2.24, 2.45) is 5.73 Å². The molecule has 0 saturated heterocycles. The molecule has 0 aliphatic heterocycles. The molecule has 1 atom stereocenters. The van der Waals surface area contributed by atoms with E-state index in [1.54, 1.807) is 13.0 Å². The van der Waals surface area contributed by atoms with Crippen LogP contribution >= 0.6 is 0 Å². The Hall–Kier alpha value is -1.09. The molecule has 94 valence electrons. The van der Waals surface area contributed by atoms with E-state index in [0.717, 1.165) is 12.8 Å². The van der Waals surface area contributed by atoms with Gasteiger partial charge in [-0.15, -0.1) is 0 Å². The van der Waals surface area contributed by atoms with Gasteiger partial charge in [0.15, 0.2) is 0 Å². The lowest BCUT2D eigenvalue weighted by atomic mass is 9.97. The maximum Gasteiger partial charge on any atom is 0.131 e. The van der Waals surface area contributed by atoms with E-state index in [9.17, 15) is 4.39 Å². The fourth-order valence-electron chi connectivity index (χ4n) is 2.42. The fraction of sp³-hybridized carbons (Fsp3) is 0.571. The van der Waals surface area contributed by atoms with Gasteiger partial charge in [-0.2, -0.15) is 0 Å². The van der Waals surface area contributed by atoms with Crippen LogP contribution in [0, 0.1) is 5.82 Å². The minimum Gasteiger partial charge on any atom is -0.490 e. The summed E-state index contributed by atoms with van der Waals surface area (Å²) in [6.45, 7) is 1.78. The summed E-state index contributed by atoms with van der Waals surface area (Å²) in [5, 5.41) is 0. The van der Waals surface area contributed by atoms with Crippen LogP contribution < -0.4 is 10.5 Å². The highest BCUT2D eigenvalue weighted by Crippen LogP contribution is 2.30. The molecule has 0 bridgehead atoms. The Bertz CT molecular complexity index is 372. The normalized spacial score (nSPS) is 19.0. The molecule has 1 fully saturated rings. The van der Waals surface area contributed by atoms with Crippen LogP contribution in [-0.2, 0) is 0 Å². The second kappa shape index (κ2) is 5.50. The maximum atomic E-state index is 13.7. The van der Waals surface area contributed by atoms with Crippen LogP contribution in [0.2, 0.25) is 0 Å². The summed E-state index contributed by atoms with van der Waals surface area (Å²) in [6, 6.07) is 4.59. The van der Waals surface area contributed by atoms with E-state index in [0.29, 0.717) is 11.3 Å². The first-order chi connectivity index (χ1) is 8.18. The summed E-state index contributed by atoms with van der Waals surface area (Å²) in [4.78, 5) is 0. The summed E-state index contributed by atoms with van der Waals surface area (Å²) >= 11 is 0. The van der Waals surface area contributed by atoms with E-state index in [1.807, 2.05) is 6.07 Å². The van der Waals surface area contributed by atoms with Gasteiger partial charge in [-0.05, 0) is 44.7 Å². The molecule has 1 aromatic carbocycles. The molecular weight excluding hydrogens is 217 g/mol. The van der Waals surface area contributed by atoms with Crippen LogP contribution in [0.3, 0.4) is 0 Å². The van der Waals surface area contributed by atoms with Gasteiger partial charge >= 0.3 is 0 Å². The van der Waals surface area contributed by atoms with Gasteiger partial charge < -0.3 is 10.5 Å². The Morgan fingerprint density at radius 3 is 2.65 bits per heavy atom. The van der Waals surface area contributed by atoms with Crippen molar-refractivity contribution >= 4 is 0 Å². The van der Waals surface area contributed by atoms with Crippen LogP contribution in [-0.4, -0.2) is 6.10 Å². The van der Waals surface area contributed by atoms with Crippen molar-refractivity contribution in [1.82, 2.24) is 0 Å². The Morgan fingerprint density at radius 2 is 2.00 bits per heavy atom. The molecule has 1 aliphatic carbocycles. The number of rotatable bonds is 3. The topological polar surface area (TPSA) is 35.2 Å². The van der Waals surface area contributed by atoms with Crippen molar-refractivity contribution in [2.45, 2.75) is 51.2 Å². The molecule has 17 heavy (non-hydrogen) atoms. The number of benzene rings is 1. The number of ether oxygens (including phenoxy) is 1. The molecule has 1 saturated carbocycles. The highest BCUT2D eigenvalue weighted by Gasteiger charge is 2.19. The van der Waals surface area contributed by atoms with Crippen molar-refractivity contribution in [3.05, 3.63) is 29.6 Å². The Morgan fingerprint density at radius 1 is 1.29 bits per heavy atom. The first-order valence-electron chi connectivity index (χ1n) is 6.39. The number of nitrogens with two attached hydrogens (primary N) is 1. The predicted octanol–water partition coefficient (Wildman–Crippen LogP) is 3.56. The molecule has 1 aliphatic rings. The molecule has 0 spiro atoms. The maximum absolute atomic E-state index is 13.7. The SMILES string of the molecule is CC(N)c1c(F)cccc1OC1CCCCC1. The van der Waals surface area contributed by atoms with E-state index >= 15 is 0 Å². The van der Waals surface area contributed by atoms with E-state index in [1.165, 1.54) is 25.3 Å². The zero-order valence-corrected chi connectivity index (χ0v) is 10.3. The molecule has 0 heterocycles. The Balaban J connectivity index is 2.16. The van der Waals surface area contributed by atoms with E-state index in [2.05, 4.69) is 0 Å². The van der Waals surface area contributed by atoms with Gasteiger partial charge in [0.1, 0.15) is 11.6 Å². The van der Waals surface area contributed by atoms with Crippen LogP contribution in [0.25, 0.3) is 0 Å². The third kappa shape index (κ3) is 2.97. The molecule has 1 unspecified atom stereocenters. The number of halogens is 1. The zero-order chi connectivity index (χ0) is 12.3. The van der Waals surface area contributed by atoms with Crippen molar-refractivity contribution in [2.75, 3.05) is 0 Å². The average Bonchev–Trinajstić information content (AvgIpc) is 2.30. The molecule has 0 radical (unpaired) electrons. The van der Waals surface area contributed by atoms with Crippen molar-refractivity contribution in [1.29, 1.82) is 0 Å². The standard InChI is InChI=1S/C14H20FNO/c1-10(16)14-12(15)8-5-9-13(14)17-11-6-3-2-4-7-11/h5,8-11H,2-4,6-7,16H2,1H3. The molecule has 0 aromatic heterocycles. The molecular formula is C14H20FNO. The van der Waals surface area contributed by atoms with E-state index in [4.69, 9.17) is 10.5 Å². The number of hydrogen-bond donors (Lipinski definition) is 1. The van der Waals surface area contributed by atoms with Crippen molar-refractivity contribution in [3.63, 3.8) is 0 Å². The summed E-state index contributed by atoms with van der Waals surface area (Å²) in [5.41, 5.74) is 6.30. The van der Waals surface area contributed by atoms with E-state index in [-0.39, 0.29) is 18.0 Å². The zero-order valence-electron chi connectivity index (χ0n) is 10.3. The highest BCUT2D eigenvalue weighted by atomic mass is 19.1. The lowest BCUT2D eigenvalue weighted by molar-refractivity contribution is 0.152. The molecule has 2 nitrogen and oxygen atoms in total.